The normalized spacial score (nSPS) is 16.8. The number of hydrogen-bond acceptors (Lipinski definition) is 6. The Morgan fingerprint density at radius 1 is 0.946 bits per heavy atom. The fourth-order valence-corrected chi connectivity index (χ4v) is 4.86. The van der Waals surface area contributed by atoms with Crippen LogP contribution in [0, 0.1) is 0 Å². The van der Waals surface area contributed by atoms with E-state index in [2.05, 4.69) is 10.6 Å². The molecule has 3 aromatic rings. The lowest BCUT2D eigenvalue weighted by atomic mass is 9.84. The first-order valence-electron chi connectivity index (χ1n) is 11.7. The van der Waals surface area contributed by atoms with Crippen LogP contribution in [-0.2, 0) is 21.5 Å². The Morgan fingerprint density at radius 2 is 1.65 bits per heavy atom. The molecule has 1 fully saturated rings. The first-order chi connectivity index (χ1) is 17.9. The highest BCUT2D eigenvalue weighted by atomic mass is 32.1. The molecule has 37 heavy (non-hydrogen) atoms. The second-order valence-corrected chi connectivity index (χ2v) is 8.92. The van der Waals surface area contributed by atoms with E-state index in [4.69, 9.17) is 26.4 Å². The summed E-state index contributed by atoms with van der Waals surface area (Å²) in [6.45, 7) is 0.401. The molecular weight excluding hydrogens is 490 g/mol. The number of nitrogens with zero attached hydrogens (tertiary/aromatic N) is 1. The number of nitrogens with one attached hydrogen (secondary N) is 2. The van der Waals surface area contributed by atoms with Crippen LogP contribution in [0.25, 0.3) is 0 Å². The first kappa shape index (κ1) is 26.0. The smallest absolute Gasteiger partial charge is 0.257 e. The predicted molar refractivity (Wildman–Crippen MR) is 145 cm³/mol. The fraction of sp³-hybridized carbons (Fsp3) is 0.250. The highest BCUT2D eigenvalue weighted by Crippen LogP contribution is 2.38. The largest absolute Gasteiger partial charge is 0.497 e. The third kappa shape index (κ3) is 5.36. The van der Waals surface area contributed by atoms with Crippen LogP contribution in [0.15, 0.2) is 72.8 Å². The number of carbonyl (C=O) groups excluding carboxylic acids is 2. The van der Waals surface area contributed by atoms with Crippen molar-refractivity contribution in [3.63, 3.8) is 0 Å². The number of ether oxygens (including phenoxy) is 3. The molecule has 1 aliphatic rings. The Labute approximate surface area is 221 Å². The number of hydrogen-bond donors (Lipinski definition) is 2. The van der Waals surface area contributed by atoms with Crippen molar-refractivity contribution >= 4 is 34.8 Å². The SMILES string of the molecule is COc1ccc(NC(=O)CC2(c3ccccc3)C(=O)NC(=S)N2CCc2ccc(OC)c(OC)c2)cc1. The van der Waals surface area contributed by atoms with Gasteiger partial charge in [-0.3, -0.25) is 9.59 Å². The molecule has 0 spiro atoms. The van der Waals surface area contributed by atoms with Gasteiger partial charge in [0.05, 0.1) is 27.8 Å². The number of methoxy groups -OCH3 is 3. The molecule has 0 saturated carbocycles. The van der Waals surface area contributed by atoms with Gasteiger partial charge in [0.2, 0.25) is 5.91 Å². The van der Waals surface area contributed by atoms with Crippen LogP contribution >= 0.6 is 12.2 Å². The van der Waals surface area contributed by atoms with Crippen molar-refractivity contribution in [1.82, 2.24) is 10.2 Å². The molecule has 1 heterocycles. The number of thiocarbonyl (C=S) groups is 1. The van der Waals surface area contributed by atoms with Gasteiger partial charge >= 0.3 is 0 Å². The molecule has 4 rings (SSSR count). The minimum absolute atomic E-state index is 0.124. The summed E-state index contributed by atoms with van der Waals surface area (Å²) < 4.78 is 15.9. The third-order valence-corrected chi connectivity index (χ3v) is 6.74. The molecule has 2 N–H and O–H groups in total. The van der Waals surface area contributed by atoms with E-state index in [1.54, 1.807) is 45.6 Å². The maximum atomic E-state index is 13.5. The maximum absolute atomic E-state index is 13.5. The Kier molecular flexibility index (Phi) is 7.93. The van der Waals surface area contributed by atoms with E-state index in [0.717, 1.165) is 5.56 Å². The summed E-state index contributed by atoms with van der Waals surface area (Å²) in [4.78, 5) is 28.6. The van der Waals surface area contributed by atoms with Gasteiger partial charge in [0, 0.05) is 12.2 Å². The van der Waals surface area contributed by atoms with Crippen molar-refractivity contribution in [3.8, 4) is 17.2 Å². The zero-order valence-corrected chi connectivity index (χ0v) is 21.8. The van der Waals surface area contributed by atoms with E-state index in [-0.39, 0.29) is 23.3 Å². The summed E-state index contributed by atoms with van der Waals surface area (Å²) in [5.41, 5.74) is 0.965. The zero-order chi connectivity index (χ0) is 26.4. The molecule has 1 atom stereocenters. The van der Waals surface area contributed by atoms with Crippen molar-refractivity contribution in [3.05, 3.63) is 83.9 Å². The van der Waals surface area contributed by atoms with Gasteiger partial charge < -0.3 is 29.7 Å². The number of carbonyl (C=O) groups is 2. The van der Waals surface area contributed by atoms with E-state index in [9.17, 15) is 9.59 Å². The average molecular weight is 520 g/mol. The molecule has 0 radical (unpaired) electrons. The van der Waals surface area contributed by atoms with Crippen LogP contribution in [0.1, 0.15) is 17.5 Å². The molecule has 9 heteroatoms. The van der Waals surface area contributed by atoms with Gasteiger partial charge in [0.25, 0.3) is 5.91 Å². The molecule has 1 aliphatic heterocycles. The molecular formula is C28H29N3O5S. The van der Waals surface area contributed by atoms with Crippen LogP contribution in [-0.4, -0.2) is 49.7 Å². The third-order valence-electron chi connectivity index (χ3n) is 6.42. The van der Waals surface area contributed by atoms with Crippen LogP contribution < -0.4 is 24.8 Å². The standard InChI is InChI=1S/C28H29N3O5S/c1-34-22-12-10-21(11-13-22)29-25(32)18-28(20-7-5-4-6-8-20)26(33)30-27(37)31(28)16-15-19-9-14-23(35-2)24(17-19)36-3/h4-14,17H,15-16,18H2,1-3H3,(H,29,32)(H,30,33,37). The van der Waals surface area contributed by atoms with Crippen molar-refractivity contribution in [2.75, 3.05) is 33.2 Å². The fourth-order valence-electron chi connectivity index (χ4n) is 4.52. The van der Waals surface area contributed by atoms with Crippen molar-refractivity contribution in [2.45, 2.75) is 18.4 Å². The first-order valence-corrected chi connectivity index (χ1v) is 12.2. The van der Waals surface area contributed by atoms with Gasteiger partial charge in [-0.1, -0.05) is 36.4 Å². The number of rotatable bonds is 10. The van der Waals surface area contributed by atoms with Gasteiger partial charge in [0.15, 0.2) is 22.2 Å². The summed E-state index contributed by atoms with van der Waals surface area (Å²) in [5.74, 6) is 1.28. The van der Waals surface area contributed by atoms with Gasteiger partial charge in [-0.25, -0.2) is 0 Å². The molecule has 3 aromatic carbocycles. The lowest BCUT2D eigenvalue weighted by molar-refractivity contribution is -0.131. The molecule has 8 nitrogen and oxygen atoms in total. The van der Waals surface area contributed by atoms with Crippen molar-refractivity contribution in [2.24, 2.45) is 0 Å². The van der Waals surface area contributed by atoms with Gasteiger partial charge in [-0.15, -0.1) is 0 Å². The van der Waals surface area contributed by atoms with Crippen LogP contribution in [0.3, 0.4) is 0 Å². The Hall–Kier alpha value is -4.11. The van der Waals surface area contributed by atoms with Crippen LogP contribution in [0.5, 0.6) is 17.2 Å². The average Bonchev–Trinajstić information content (AvgIpc) is 3.16. The highest BCUT2D eigenvalue weighted by molar-refractivity contribution is 7.80. The monoisotopic (exact) mass is 519 g/mol. The second-order valence-electron chi connectivity index (χ2n) is 8.53. The van der Waals surface area contributed by atoms with Crippen LogP contribution in [0.2, 0.25) is 0 Å². The Balaban J connectivity index is 1.63. The van der Waals surface area contributed by atoms with Crippen molar-refractivity contribution in [1.29, 1.82) is 0 Å². The van der Waals surface area contributed by atoms with E-state index in [0.29, 0.717) is 41.5 Å². The molecule has 0 aromatic heterocycles. The lowest BCUT2D eigenvalue weighted by Crippen LogP contribution is -2.50. The van der Waals surface area contributed by atoms with Gasteiger partial charge in [0.1, 0.15) is 5.75 Å². The molecule has 0 bridgehead atoms. The Bertz CT molecular complexity index is 1280. The van der Waals surface area contributed by atoms with Gasteiger partial charge in [-0.2, -0.15) is 0 Å². The summed E-state index contributed by atoms with van der Waals surface area (Å²) in [6.07, 6.45) is 0.436. The second kappa shape index (κ2) is 11.3. The molecule has 2 amide bonds. The van der Waals surface area contributed by atoms with E-state index >= 15 is 0 Å². The molecule has 1 unspecified atom stereocenters. The summed E-state index contributed by atoms with van der Waals surface area (Å²) in [6, 6.07) is 21.9. The zero-order valence-electron chi connectivity index (χ0n) is 20.9. The number of anilines is 1. The van der Waals surface area contributed by atoms with Gasteiger partial charge in [-0.05, 0) is 66.2 Å². The predicted octanol–water partition coefficient (Wildman–Crippen LogP) is 3.90. The quantitative estimate of drug-likeness (QED) is 0.393. The summed E-state index contributed by atoms with van der Waals surface area (Å²) in [7, 11) is 4.75. The van der Waals surface area contributed by atoms with Crippen molar-refractivity contribution < 1.29 is 23.8 Å². The minimum atomic E-state index is -1.30. The van der Waals surface area contributed by atoms with Crippen LogP contribution in [0.4, 0.5) is 5.69 Å². The molecule has 0 aliphatic carbocycles. The molecule has 192 valence electrons. The Morgan fingerprint density at radius 3 is 2.30 bits per heavy atom. The minimum Gasteiger partial charge on any atom is -0.497 e. The van der Waals surface area contributed by atoms with E-state index in [1.807, 2.05) is 53.4 Å². The number of benzene rings is 3. The number of amides is 2. The molecule has 1 saturated heterocycles. The summed E-state index contributed by atoms with van der Waals surface area (Å²) in [5, 5.41) is 5.98. The van der Waals surface area contributed by atoms with E-state index in [1.165, 1.54) is 0 Å². The topological polar surface area (TPSA) is 89.1 Å². The maximum Gasteiger partial charge on any atom is 0.257 e. The lowest BCUT2D eigenvalue weighted by Gasteiger charge is -2.36. The van der Waals surface area contributed by atoms with E-state index < -0.39 is 5.54 Å². The summed E-state index contributed by atoms with van der Waals surface area (Å²) >= 11 is 5.58. The highest BCUT2D eigenvalue weighted by Gasteiger charge is 2.53.